The third kappa shape index (κ3) is 2.44. The van der Waals surface area contributed by atoms with Crippen LogP contribution in [-0.2, 0) is 5.41 Å². The minimum absolute atomic E-state index is 0.230. The molecule has 21 heavy (non-hydrogen) atoms. The lowest BCUT2D eigenvalue weighted by molar-refractivity contribution is 0.444. The van der Waals surface area contributed by atoms with Crippen molar-refractivity contribution in [2.24, 2.45) is 4.99 Å². The molecule has 0 N–H and O–H groups in total. The molecular weight excluding hydrogens is 254 g/mol. The molecule has 106 valence electrons. The van der Waals surface area contributed by atoms with Crippen LogP contribution in [0, 0.1) is 0 Å². The number of nitrogens with zero attached hydrogens (tertiary/aromatic N) is 1. The summed E-state index contributed by atoms with van der Waals surface area (Å²) < 4.78 is 0. The third-order valence-electron chi connectivity index (χ3n) is 4.45. The maximum absolute atomic E-state index is 4.83. The maximum Gasteiger partial charge on any atom is 0.0667 e. The van der Waals surface area contributed by atoms with Crippen molar-refractivity contribution in [3.05, 3.63) is 84.4 Å². The Hall–Kier alpha value is -2.15. The van der Waals surface area contributed by atoms with Crippen LogP contribution in [0.5, 0.6) is 0 Å². The minimum atomic E-state index is -0.237. The van der Waals surface area contributed by atoms with Gasteiger partial charge in [0, 0.05) is 0 Å². The number of rotatable bonds is 4. The fraction of sp³-hybridized carbons (Fsp3) is 0.250. The Morgan fingerprint density at radius 3 is 1.95 bits per heavy atom. The number of hydrogen-bond acceptors (Lipinski definition) is 1. The zero-order chi connectivity index (χ0) is 14.5. The Kier molecular flexibility index (Phi) is 4.01. The highest BCUT2D eigenvalue weighted by Crippen LogP contribution is 2.41. The standard InChI is InChI=1S/C20H21N/c1-2-20(17-11-5-3-6-12-17,18-13-7-4-8-14-18)19-15-9-10-16-21-19/h2-8,11-14,16,19H,1,9-10,15H2. The number of aliphatic imine (C=N–C) groups is 1. The molecule has 1 nitrogen and oxygen atoms in total. The second-order valence-electron chi connectivity index (χ2n) is 5.58. The second-order valence-corrected chi connectivity index (χ2v) is 5.58. The molecule has 1 heteroatoms. The van der Waals surface area contributed by atoms with Gasteiger partial charge in [0.1, 0.15) is 0 Å². The Balaban J connectivity index is 2.20. The van der Waals surface area contributed by atoms with E-state index in [-0.39, 0.29) is 11.5 Å². The van der Waals surface area contributed by atoms with Crippen LogP contribution in [0.3, 0.4) is 0 Å². The van der Waals surface area contributed by atoms with E-state index in [0.29, 0.717) is 0 Å². The first-order chi connectivity index (χ1) is 10.4. The third-order valence-corrected chi connectivity index (χ3v) is 4.45. The van der Waals surface area contributed by atoms with Gasteiger partial charge < -0.3 is 0 Å². The lowest BCUT2D eigenvalue weighted by Crippen LogP contribution is -2.39. The largest absolute Gasteiger partial charge is 0.293 e. The summed E-state index contributed by atoms with van der Waals surface area (Å²) in [6.45, 7) is 4.19. The molecule has 1 aliphatic rings. The van der Waals surface area contributed by atoms with E-state index in [1.807, 2.05) is 0 Å². The summed E-state index contributed by atoms with van der Waals surface area (Å²) in [6, 6.07) is 21.5. The van der Waals surface area contributed by atoms with Crippen LogP contribution < -0.4 is 0 Å². The number of benzene rings is 2. The summed E-state index contributed by atoms with van der Waals surface area (Å²) in [5, 5.41) is 0. The van der Waals surface area contributed by atoms with E-state index in [0.717, 1.165) is 12.8 Å². The fourth-order valence-corrected chi connectivity index (χ4v) is 3.38. The van der Waals surface area contributed by atoms with E-state index >= 15 is 0 Å². The van der Waals surface area contributed by atoms with Crippen molar-refractivity contribution in [1.29, 1.82) is 0 Å². The molecule has 2 aromatic rings. The molecule has 0 aromatic heterocycles. The molecule has 0 radical (unpaired) electrons. The monoisotopic (exact) mass is 275 g/mol. The van der Waals surface area contributed by atoms with Crippen LogP contribution in [0.15, 0.2) is 78.3 Å². The minimum Gasteiger partial charge on any atom is -0.293 e. The summed E-state index contributed by atoms with van der Waals surface area (Å²) in [6.07, 6.45) is 7.56. The highest BCUT2D eigenvalue weighted by molar-refractivity contribution is 5.60. The van der Waals surface area contributed by atoms with Crippen LogP contribution in [0.25, 0.3) is 0 Å². The summed E-state index contributed by atoms with van der Waals surface area (Å²) in [5.41, 5.74) is 2.31. The van der Waals surface area contributed by atoms with Crippen molar-refractivity contribution < 1.29 is 0 Å². The van der Waals surface area contributed by atoms with Gasteiger partial charge in [0.15, 0.2) is 0 Å². The van der Waals surface area contributed by atoms with Gasteiger partial charge in [-0.25, -0.2) is 0 Å². The molecule has 0 spiro atoms. The van der Waals surface area contributed by atoms with Crippen molar-refractivity contribution in [2.45, 2.75) is 30.7 Å². The first-order valence-electron chi connectivity index (χ1n) is 7.64. The Bertz CT molecular complexity index is 573. The van der Waals surface area contributed by atoms with Gasteiger partial charge in [0.05, 0.1) is 11.5 Å². The lowest BCUT2D eigenvalue weighted by Gasteiger charge is -2.38. The predicted octanol–water partition coefficient (Wildman–Crippen LogP) is 4.78. The topological polar surface area (TPSA) is 12.4 Å². The van der Waals surface area contributed by atoms with Gasteiger partial charge in [0.25, 0.3) is 0 Å². The zero-order valence-corrected chi connectivity index (χ0v) is 12.3. The zero-order valence-electron chi connectivity index (χ0n) is 12.3. The first kappa shape index (κ1) is 13.8. The average Bonchev–Trinajstić information content (AvgIpc) is 2.59. The summed E-state index contributed by atoms with van der Waals surface area (Å²) >= 11 is 0. The van der Waals surface area contributed by atoms with Crippen LogP contribution >= 0.6 is 0 Å². The molecule has 1 atom stereocenters. The Morgan fingerprint density at radius 1 is 0.952 bits per heavy atom. The van der Waals surface area contributed by atoms with E-state index in [9.17, 15) is 0 Å². The highest BCUT2D eigenvalue weighted by Gasteiger charge is 2.39. The summed E-state index contributed by atoms with van der Waals surface area (Å²) in [4.78, 5) is 4.83. The molecular formula is C20H21N. The van der Waals surface area contributed by atoms with Gasteiger partial charge in [-0.2, -0.15) is 0 Å². The maximum atomic E-state index is 4.83. The SMILES string of the molecule is C=CC(c1ccccc1)(c1ccccc1)C1CCCC=N1. The smallest absolute Gasteiger partial charge is 0.0667 e. The van der Waals surface area contributed by atoms with Crippen molar-refractivity contribution >= 4 is 6.21 Å². The molecule has 1 heterocycles. The van der Waals surface area contributed by atoms with E-state index < -0.39 is 0 Å². The summed E-state index contributed by atoms with van der Waals surface area (Å²) in [5.74, 6) is 0. The van der Waals surface area contributed by atoms with E-state index in [2.05, 4.69) is 79.5 Å². The lowest BCUT2D eigenvalue weighted by atomic mass is 9.67. The quantitative estimate of drug-likeness (QED) is 0.712. The molecule has 0 saturated heterocycles. The molecule has 0 amide bonds. The van der Waals surface area contributed by atoms with Crippen molar-refractivity contribution in [3.8, 4) is 0 Å². The van der Waals surface area contributed by atoms with Gasteiger partial charge >= 0.3 is 0 Å². The molecule has 0 fully saturated rings. The molecule has 0 saturated carbocycles. The predicted molar refractivity (Wildman–Crippen MR) is 90.0 cm³/mol. The van der Waals surface area contributed by atoms with Gasteiger partial charge in [-0.1, -0.05) is 66.7 Å². The first-order valence-corrected chi connectivity index (χ1v) is 7.64. The van der Waals surface area contributed by atoms with Crippen molar-refractivity contribution in [2.75, 3.05) is 0 Å². The molecule has 0 bridgehead atoms. The molecule has 1 aliphatic heterocycles. The summed E-state index contributed by atoms with van der Waals surface area (Å²) in [7, 11) is 0. The van der Waals surface area contributed by atoms with Gasteiger partial charge in [-0.3, -0.25) is 4.99 Å². The van der Waals surface area contributed by atoms with Gasteiger partial charge in [-0.05, 0) is 36.6 Å². The van der Waals surface area contributed by atoms with Crippen LogP contribution in [-0.4, -0.2) is 12.3 Å². The van der Waals surface area contributed by atoms with E-state index in [1.54, 1.807) is 0 Å². The highest BCUT2D eigenvalue weighted by atomic mass is 14.8. The molecule has 1 unspecified atom stereocenters. The number of hydrogen-bond donors (Lipinski definition) is 0. The van der Waals surface area contributed by atoms with Crippen LogP contribution in [0.2, 0.25) is 0 Å². The van der Waals surface area contributed by atoms with E-state index in [1.165, 1.54) is 17.5 Å². The van der Waals surface area contributed by atoms with Crippen molar-refractivity contribution in [1.82, 2.24) is 0 Å². The van der Waals surface area contributed by atoms with Crippen LogP contribution in [0.1, 0.15) is 30.4 Å². The normalized spacial score (nSPS) is 18.4. The molecule has 3 rings (SSSR count). The van der Waals surface area contributed by atoms with E-state index in [4.69, 9.17) is 4.99 Å². The molecule has 0 aliphatic carbocycles. The van der Waals surface area contributed by atoms with Gasteiger partial charge in [-0.15, -0.1) is 6.58 Å². The Morgan fingerprint density at radius 2 is 1.52 bits per heavy atom. The van der Waals surface area contributed by atoms with Crippen molar-refractivity contribution in [3.63, 3.8) is 0 Å². The van der Waals surface area contributed by atoms with Gasteiger partial charge in [0.2, 0.25) is 0 Å². The second kappa shape index (κ2) is 6.09. The molecule has 2 aromatic carbocycles. The van der Waals surface area contributed by atoms with Crippen LogP contribution in [0.4, 0.5) is 0 Å². The average molecular weight is 275 g/mol. The fourth-order valence-electron chi connectivity index (χ4n) is 3.38. The Labute approximate surface area is 127 Å².